The largest absolute Gasteiger partial charge is 0.348 e. The Morgan fingerprint density at radius 1 is 1.50 bits per heavy atom. The van der Waals surface area contributed by atoms with Crippen LogP contribution < -0.4 is 5.32 Å². The first-order valence-corrected chi connectivity index (χ1v) is 5.20. The third-order valence-electron chi connectivity index (χ3n) is 2.10. The van der Waals surface area contributed by atoms with Gasteiger partial charge < -0.3 is 10.2 Å². The Balaban J connectivity index is 2.59. The van der Waals surface area contributed by atoms with Gasteiger partial charge in [-0.2, -0.15) is 0 Å². The highest BCUT2D eigenvalue weighted by atomic mass is 19.1. The van der Waals surface area contributed by atoms with Crippen molar-refractivity contribution in [2.45, 2.75) is 13.0 Å². The molecule has 1 atom stereocenters. The minimum Gasteiger partial charge on any atom is -0.348 e. The second kappa shape index (κ2) is 5.61. The van der Waals surface area contributed by atoms with E-state index in [4.69, 9.17) is 0 Å². The van der Waals surface area contributed by atoms with E-state index < -0.39 is 5.82 Å². The fraction of sp³-hybridized carbons (Fsp3) is 0.417. The Hall–Kier alpha value is -1.42. The predicted molar refractivity (Wildman–Crippen MR) is 61.9 cm³/mol. The molecule has 0 heterocycles. The quantitative estimate of drug-likeness (QED) is 0.840. The van der Waals surface area contributed by atoms with Crippen molar-refractivity contribution in [2.75, 3.05) is 20.6 Å². The molecule has 0 saturated heterocycles. The Labute approximate surface area is 95.3 Å². The highest BCUT2D eigenvalue weighted by molar-refractivity contribution is 5.94. The fourth-order valence-corrected chi connectivity index (χ4v) is 1.53. The maximum Gasteiger partial charge on any atom is 0.251 e. The van der Waals surface area contributed by atoms with E-state index in [0.717, 1.165) is 6.54 Å². The monoisotopic (exact) mass is 224 g/mol. The summed E-state index contributed by atoms with van der Waals surface area (Å²) in [5.41, 5.74) is 0.352. The lowest BCUT2D eigenvalue weighted by Gasteiger charge is -2.18. The van der Waals surface area contributed by atoms with Crippen LogP contribution in [0.25, 0.3) is 0 Å². The third-order valence-corrected chi connectivity index (χ3v) is 2.10. The summed E-state index contributed by atoms with van der Waals surface area (Å²) in [7, 11) is 3.87. The van der Waals surface area contributed by atoms with Gasteiger partial charge in [-0.05, 0) is 39.2 Å². The number of halogens is 1. The lowest BCUT2D eigenvalue weighted by molar-refractivity contribution is 0.0934. The van der Waals surface area contributed by atoms with Gasteiger partial charge in [0, 0.05) is 18.2 Å². The van der Waals surface area contributed by atoms with E-state index in [1.807, 2.05) is 25.9 Å². The van der Waals surface area contributed by atoms with E-state index in [1.54, 1.807) is 6.07 Å². The van der Waals surface area contributed by atoms with Crippen molar-refractivity contribution < 1.29 is 9.18 Å². The van der Waals surface area contributed by atoms with Crippen LogP contribution in [0, 0.1) is 5.82 Å². The maximum absolute atomic E-state index is 12.9. The van der Waals surface area contributed by atoms with Crippen molar-refractivity contribution in [1.82, 2.24) is 10.2 Å². The summed E-state index contributed by atoms with van der Waals surface area (Å²) < 4.78 is 12.9. The van der Waals surface area contributed by atoms with Crippen LogP contribution >= 0.6 is 0 Å². The average molecular weight is 224 g/mol. The molecule has 16 heavy (non-hydrogen) atoms. The zero-order chi connectivity index (χ0) is 12.1. The number of nitrogens with zero attached hydrogens (tertiary/aromatic N) is 1. The van der Waals surface area contributed by atoms with Gasteiger partial charge in [-0.15, -0.1) is 0 Å². The van der Waals surface area contributed by atoms with Gasteiger partial charge in [0.2, 0.25) is 0 Å². The van der Waals surface area contributed by atoms with Gasteiger partial charge in [0.25, 0.3) is 5.91 Å². The van der Waals surface area contributed by atoms with Gasteiger partial charge in [-0.3, -0.25) is 4.79 Å². The number of amides is 1. The predicted octanol–water partition coefficient (Wildman–Crippen LogP) is 1.51. The van der Waals surface area contributed by atoms with Crippen molar-refractivity contribution in [2.24, 2.45) is 0 Å². The van der Waals surface area contributed by atoms with Crippen LogP contribution in [0.3, 0.4) is 0 Å². The SMILES string of the molecule is CC(CN(C)C)NC(=O)c1cccc(F)c1. The Morgan fingerprint density at radius 2 is 2.19 bits per heavy atom. The molecule has 0 saturated carbocycles. The molecule has 0 aliphatic rings. The van der Waals surface area contributed by atoms with E-state index in [2.05, 4.69) is 5.32 Å². The number of likely N-dealkylation sites (N-methyl/N-ethyl adjacent to an activating group) is 1. The number of carbonyl (C=O) groups is 1. The van der Waals surface area contributed by atoms with Crippen LogP contribution in [0.15, 0.2) is 24.3 Å². The molecular weight excluding hydrogens is 207 g/mol. The minimum atomic E-state index is -0.395. The molecule has 1 amide bonds. The summed E-state index contributed by atoms with van der Waals surface area (Å²) in [6.07, 6.45) is 0. The maximum atomic E-state index is 12.9. The first-order chi connectivity index (χ1) is 7.49. The molecular formula is C12H17FN2O. The molecule has 0 bridgehead atoms. The van der Waals surface area contributed by atoms with Gasteiger partial charge in [0.15, 0.2) is 0 Å². The van der Waals surface area contributed by atoms with E-state index in [9.17, 15) is 9.18 Å². The number of carbonyl (C=O) groups excluding carboxylic acids is 1. The zero-order valence-electron chi connectivity index (χ0n) is 9.83. The standard InChI is InChI=1S/C12H17FN2O/c1-9(8-15(2)3)14-12(16)10-5-4-6-11(13)7-10/h4-7,9H,8H2,1-3H3,(H,14,16). The average Bonchev–Trinajstić information content (AvgIpc) is 2.16. The second-order valence-electron chi connectivity index (χ2n) is 4.15. The lowest BCUT2D eigenvalue weighted by atomic mass is 10.2. The molecule has 88 valence electrons. The minimum absolute atomic E-state index is 0.0331. The zero-order valence-corrected chi connectivity index (χ0v) is 9.83. The molecule has 1 aromatic rings. The first-order valence-electron chi connectivity index (χ1n) is 5.20. The summed E-state index contributed by atoms with van der Waals surface area (Å²) in [5.74, 6) is -0.637. The number of nitrogens with one attached hydrogen (secondary N) is 1. The van der Waals surface area contributed by atoms with Crippen molar-refractivity contribution in [1.29, 1.82) is 0 Å². The van der Waals surface area contributed by atoms with Gasteiger partial charge in [-0.1, -0.05) is 6.07 Å². The summed E-state index contributed by atoms with van der Waals surface area (Å²) >= 11 is 0. The molecule has 0 aliphatic heterocycles. The molecule has 1 N–H and O–H groups in total. The van der Waals surface area contributed by atoms with Gasteiger partial charge in [0.1, 0.15) is 5.82 Å². The van der Waals surface area contributed by atoms with Crippen molar-refractivity contribution in [3.63, 3.8) is 0 Å². The van der Waals surface area contributed by atoms with Crippen LogP contribution in [-0.4, -0.2) is 37.5 Å². The molecule has 4 heteroatoms. The molecule has 1 unspecified atom stereocenters. The molecule has 0 aromatic heterocycles. The molecule has 0 spiro atoms. The van der Waals surface area contributed by atoms with Crippen LogP contribution in [0.1, 0.15) is 17.3 Å². The van der Waals surface area contributed by atoms with Gasteiger partial charge in [0.05, 0.1) is 0 Å². The lowest BCUT2D eigenvalue weighted by Crippen LogP contribution is -2.39. The number of rotatable bonds is 4. The van der Waals surface area contributed by atoms with Gasteiger partial charge in [-0.25, -0.2) is 4.39 Å². The molecule has 1 aromatic carbocycles. The first kappa shape index (κ1) is 12.6. The molecule has 0 aliphatic carbocycles. The highest BCUT2D eigenvalue weighted by Crippen LogP contribution is 2.03. The number of hydrogen-bond acceptors (Lipinski definition) is 2. The summed E-state index contributed by atoms with van der Waals surface area (Å²) in [5, 5.41) is 2.81. The molecule has 0 radical (unpaired) electrons. The highest BCUT2D eigenvalue weighted by Gasteiger charge is 2.10. The van der Waals surface area contributed by atoms with Crippen LogP contribution in [-0.2, 0) is 0 Å². The van der Waals surface area contributed by atoms with Crippen molar-refractivity contribution >= 4 is 5.91 Å². The van der Waals surface area contributed by atoms with Crippen LogP contribution in [0.5, 0.6) is 0 Å². The van der Waals surface area contributed by atoms with Crippen LogP contribution in [0.2, 0.25) is 0 Å². The van der Waals surface area contributed by atoms with Crippen molar-refractivity contribution in [3.05, 3.63) is 35.6 Å². The Kier molecular flexibility index (Phi) is 4.43. The smallest absolute Gasteiger partial charge is 0.251 e. The Bertz CT molecular complexity index is 366. The third kappa shape index (κ3) is 3.98. The number of hydrogen-bond donors (Lipinski definition) is 1. The van der Waals surface area contributed by atoms with E-state index >= 15 is 0 Å². The molecule has 0 fully saturated rings. The summed E-state index contributed by atoms with van der Waals surface area (Å²) in [6.45, 7) is 2.66. The van der Waals surface area contributed by atoms with Crippen molar-refractivity contribution in [3.8, 4) is 0 Å². The number of benzene rings is 1. The van der Waals surface area contributed by atoms with E-state index in [-0.39, 0.29) is 11.9 Å². The molecule has 3 nitrogen and oxygen atoms in total. The second-order valence-corrected chi connectivity index (χ2v) is 4.15. The molecule has 1 rings (SSSR count). The summed E-state index contributed by atoms with van der Waals surface area (Å²) in [4.78, 5) is 13.7. The Morgan fingerprint density at radius 3 is 2.75 bits per heavy atom. The van der Waals surface area contributed by atoms with Crippen LogP contribution in [0.4, 0.5) is 4.39 Å². The fourth-order valence-electron chi connectivity index (χ4n) is 1.53. The van der Waals surface area contributed by atoms with E-state index in [1.165, 1.54) is 18.2 Å². The topological polar surface area (TPSA) is 32.3 Å². The van der Waals surface area contributed by atoms with E-state index in [0.29, 0.717) is 5.56 Å². The normalized spacial score (nSPS) is 12.6. The van der Waals surface area contributed by atoms with Gasteiger partial charge >= 0.3 is 0 Å². The summed E-state index contributed by atoms with van der Waals surface area (Å²) in [6, 6.07) is 5.71.